The van der Waals surface area contributed by atoms with Crippen molar-refractivity contribution in [3.63, 3.8) is 0 Å². The lowest BCUT2D eigenvalue weighted by Crippen LogP contribution is -2.40. The fourth-order valence-electron chi connectivity index (χ4n) is 3.10. The molecule has 0 aliphatic heterocycles. The lowest BCUT2D eigenvalue weighted by atomic mass is 10.1. The zero-order valence-corrected chi connectivity index (χ0v) is 15.1. The minimum absolute atomic E-state index is 0.0187. The second-order valence-corrected chi connectivity index (χ2v) is 7.45. The van der Waals surface area contributed by atoms with Gasteiger partial charge in [0.25, 0.3) is 0 Å². The molecule has 1 fully saturated rings. The molecule has 1 aliphatic carbocycles. The van der Waals surface area contributed by atoms with Gasteiger partial charge in [-0.1, -0.05) is 41.7 Å². The van der Waals surface area contributed by atoms with E-state index in [1.165, 1.54) is 24.2 Å². The predicted octanol–water partition coefficient (Wildman–Crippen LogP) is 3.44. The number of carbonyl (C=O) groups is 1. The Morgan fingerprint density at radius 2 is 2.04 bits per heavy atom. The third-order valence-corrected chi connectivity index (χ3v) is 5.72. The number of nitrogens with zero attached hydrogens (tertiary/aromatic N) is 2. The van der Waals surface area contributed by atoms with Crippen LogP contribution in [0.5, 0.6) is 0 Å². The van der Waals surface area contributed by atoms with Gasteiger partial charge in [-0.25, -0.2) is 0 Å². The summed E-state index contributed by atoms with van der Waals surface area (Å²) < 4.78 is 1.70. The summed E-state index contributed by atoms with van der Waals surface area (Å²) in [5, 5.41) is 1.85. The molecule has 2 aromatic rings. The fourth-order valence-corrected chi connectivity index (χ4v) is 3.86. The van der Waals surface area contributed by atoms with Gasteiger partial charge in [0.15, 0.2) is 0 Å². The first-order valence-electron chi connectivity index (χ1n) is 8.54. The Morgan fingerprint density at radius 3 is 2.62 bits per heavy atom. The van der Waals surface area contributed by atoms with Crippen LogP contribution in [0.15, 0.2) is 40.5 Å². The predicted molar refractivity (Wildman–Crippen MR) is 97.1 cm³/mol. The number of benzene rings is 1. The number of hydrogen-bond donors (Lipinski definition) is 0. The Morgan fingerprint density at radius 1 is 1.33 bits per heavy atom. The highest BCUT2D eigenvalue weighted by Crippen LogP contribution is 2.36. The Kier molecular flexibility index (Phi) is 5.19. The zero-order valence-electron chi connectivity index (χ0n) is 14.3. The smallest absolute Gasteiger partial charge is 0.307 e. The van der Waals surface area contributed by atoms with Crippen LogP contribution < -0.4 is 4.87 Å². The number of aryl methyl sites for hydroxylation is 1. The average molecular weight is 344 g/mol. The maximum absolute atomic E-state index is 12.9. The van der Waals surface area contributed by atoms with Gasteiger partial charge in [0.2, 0.25) is 5.91 Å². The van der Waals surface area contributed by atoms with E-state index in [9.17, 15) is 9.59 Å². The summed E-state index contributed by atoms with van der Waals surface area (Å²) in [6.07, 6.45) is 2.80. The summed E-state index contributed by atoms with van der Waals surface area (Å²) >= 11 is 1.20. The van der Waals surface area contributed by atoms with Crippen molar-refractivity contribution in [2.24, 2.45) is 5.92 Å². The molecule has 0 saturated heterocycles. The molecule has 1 aromatic carbocycles. The van der Waals surface area contributed by atoms with E-state index in [0.29, 0.717) is 25.4 Å². The van der Waals surface area contributed by atoms with E-state index in [2.05, 4.69) is 19.1 Å². The van der Waals surface area contributed by atoms with Gasteiger partial charge in [-0.3, -0.25) is 9.59 Å². The minimum atomic E-state index is 0.0187. The van der Waals surface area contributed by atoms with Crippen LogP contribution in [0.4, 0.5) is 0 Å². The van der Waals surface area contributed by atoms with E-state index in [0.717, 1.165) is 11.3 Å². The van der Waals surface area contributed by atoms with Gasteiger partial charge in [0.1, 0.15) is 0 Å². The van der Waals surface area contributed by atoms with Gasteiger partial charge < -0.3 is 9.47 Å². The lowest BCUT2D eigenvalue weighted by molar-refractivity contribution is -0.134. The minimum Gasteiger partial charge on any atom is -0.335 e. The van der Waals surface area contributed by atoms with Crippen molar-refractivity contribution in [1.82, 2.24) is 9.47 Å². The van der Waals surface area contributed by atoms with Gasteiger partial charge in [0, 0.05) is 36.6 Å². The number of amides is 1. The molecule has 0 radical (unpaired) electrons. The first kappa shape index (κ1) is 17.0. The van der Waals surface area contributed by atoms with E-state index in [4.69, 9.17) is 0 Å². The third-order valence-electron chi connectivity index (χ3n) is 4.84. The molecule has 24 heavy (non-hydrogen) atoms. The van der Waals surface area contributed by atoms with Gasteiger partial charge in [-0.15, -0.1) is 0 Å². The molecule has 128 valence electrons. The molecule has 5 heteroatoms. The Bertz CT molecular complexity index is 746. The largest absolute Gasteiger partial charge is 0.335 e. The van der Waals surface area contributed by atoms with Crippen LogP contribution in [0, 0.1) is 12.8 Å². The normalized spacial score (nSPS) is 15.2. The van der Waals surface area contributed by atoms with Crippen molar-refractivity contribution in [3.8, 4) is 0 Å². The molecular weight excluding hydrogens is 320 g/mol. The first-order chi connectivity index (χ1) is 11.6. The summed E-state index contributed by atoms with van der Waals surface area (Å²) in [4.78, 5) is 26.7. The number of thiazole rings is 1. The number of hydrogen-bond acceptors (Lipinski definition) is 3. The van der Waals surface area contributed by atoms with E-state index in [1.807, 2.05) is 35.4 Å². The molecule has 0 bridgehead atoms. The number of aromatic nitrogens is 1. The molecule has 0 N–H and O–H groups in total. The molecule has 1 heterocycles. The topological polar surface area (TPSA) is 42.3 Å². The van der Waals surface area contributed by atoms with Crippen LogP contribution in [0.3, 0.4) is 0 Å². The molecule has 1 aliphatic rings. The molecular formula is C19H24N2O2S. The van der Waals surface area contributed by atoms with E-state index >= 15 is 0 Å². The quantitative estimate of drug-likeness (QED) is 0.772. The monoisotopic (exact) mass is 344 g/mol. The molecule has 0 unspecified atom stereocenters. The molecule has 0 spiro atoms. The van der Waals surface area contributed by atoms with Gasteiger partial charge in [-0.2, -0.15) is 0 Å². The van der Waals surface area contributed by atoms with E-state index in [1.54, 1.807) is 4.57 Å². The highest BCUT2D eigenvalue weighted by atomic mass is 32.1. The van der Waals surface area contributed by atoms with Gasteiger partial charge in [0.05, 0.1) is 0 Å². The van der Waals surface area contributed by atoms with Gasteiger partial charge >= 0.3 is 4.87 Å². The summed E-state index contributed by atoms with van der Waals surface area (Å²) in [6, 6.07) is 10.4. The average Bonchev–Trinajstić information content (AvgIpc) is 3.38. The third kappa shape index (κ3) is 3.96. The van der Waals surface area contributed by atoms with Crippen molar-refractivity contribution in [2.45, 2.75) is 52.2 Å². The van der Waals surface area contributed by atoms with Crippen molar-refractivity contribution < 1.29 is 4.79 Å². The van der Waals surface area contributed by atoms with E-state index < -0.39 is 0 Å². The van der Waals surface area contributed by atoms with Crippen molar-refractivity contribution in [3.05, 3.63) is 56.6 Å². The maximum Gasteiger partial charge on any atom is 0.307 e. The van der Waals surface area contributed by atoms with Crippen molar-refractivity contribution >= 4 is 17.2 Å². The van der Waals surface area contributed by atoms with Gasteiger partial charge in [-0.05, 0) is 38.2 Å². The lowest BCUT2D eigenvalue weighted by Gasteiger charge is -2.30. The molecule has 4 nitrogen and oxygen atoms in total. The zero-order chi connectivity index (χ0) is 17.1. The molecule has 1 aromatic heterocycles. The van der Waals surface area contributed by atoms with Crippen LogP contribution in [0.25, 0.3) is 0 Å². The SMILES string of the molecule is Cc1csc(=O)n1CCC(=O)N(Cc1ccccc1)[C@@H](C)C1CC1. The van der Waals surface area contributed by atoms with Crippen LogP contribution in [0.1, 0.15) is 37.4 Å². The second-order valence-electron chi connectivity index (χ2n) is 6.63. The Hall–Kier alpha value is -1.88. The summed E-state index contributed by atoms with van der Waals surface area (Å²) in [7, 11) is 0. The number of carbonyl (C=O) groups excluding carboxylic acids is 1. The molecule has 1 amide bonds. The van der Waals surface area contributed by atoms with Crippen LogP contribution in [0.2, 0.25) is 0 Å². The standard InChI is InChI=1S/C19H24N2O2S/c1-14-13-24-19(23)20(14)11-10-18(22)21(15(2)17-8-9-17)12-16-6-4-3-5-7-16/h3-7,13,15,17H,8-12H2,1-2H3/t15-/m0/s1. The fraction of sp³-hybridized carbons (Fsp3) is 0.474. The van der Waals surface area contributed by atoms with Crippen molar-refractivity contribution in [1.29, 1.82) is 0 Å². The maximum atomic E-state index is 12.9. The molecule has 3 rings (SSSR count). The second kappa shape index (κ2) is 7.34. The van der Waals surface area contributed by atoms with Crippen LogP contribution >= 0.6 is 11.3 Å². The Balaban J connectivity index is 1.69. The summed E-state index contributed by atoms with van der Waals surface area (Å²) in [6.45, 7) is 5.18. The van der Waals surface area contributed by atoms with Crippen LogP contribution in [-0.2, 0) is 17.9 Å². The summed E-state index contributed by atoms with van der Waals surface area (Å²) in [5.41, 5.74) is 2.09. The first-order valence-corrected chi connectivity index (χ1v) is 9.42. The Labute approximate surface area is 146 Å². The molecule has 1 atom stereocenters. The van der Waals surface area contributed by atoms with E-state index in [-0.39, 0.29) is 16.8 Å². The summed E-state index contributed by atoms with van der Waals surface area (Å²) in [5.74, 6) is 0.763. The highest BCUT2D eigenvalue weighted by Gasteiger charge is 2.34. The highest BCUT2D eigenvalue weighted by molar-refractivity contribution is 7.07. The number of rotatable bonds is 7. The van der Waals surface area contributed by atoms with Crippen molar-refractivity contribution in [2.75, 3.05) is 0 Å². The molecule has 1 saturated carbocycles. The van der Waals surface area contributed by atoms with Crippen LogP contribution in [-0.4, -0.2) is 21.4 Å².